The van der Waals surface area contributed by atoms with Gasteiger partial charge < -0.3 is 4.74 Å². The van der Waals surface area contributed by atoms with E-state index >= 15 is 0 Å². The van der Waals surface area contributed by atoms with Crippen LogP contribution in [0, 0.1) is 6.92 Å². The Labute approximate surface area is 144 Å². The van der Waals surface area contributed by atoms with Crippen LogP contribution in [0.2, 0.25) is 0 Å². The summed E-state index contributed by atoms with van der Waals surface area (Å²) in [6.45, 7) is 7.65. The predicted molar refractivity (Wildman–Crippen MR) is 101 cm³/mol. The first-order valence-electron chi connectivity index (χ1n) is 8.06. The minimum absolute atomic E-state index is 0.356. The molecule has 2 aromatic rings. The van der Waals surface area contributed by atoms with Crippen LogP contribution in [0.4, 0.5) is 10.5 Å². The van der Waals surface area contributed by atoms with Crippen molar-refractivity contribution in [2.45, 2.75) is 33.3 Å². The van der Waals surface area contributed by atoms with Gasteiger partial charge in [0.1, 0.15) is 5.60 Å². The molecule has 0 saturated heterocycles. The van der Waals surface area contributed by atoms with Crippen LogP contribution in [0.1, 0.15) is 37.5 Å². The summed E-state index contributed by atoms with van der Waals surface area (Å²) in [5, 5.41) is 0. The maximum absolute atomic E-state index is 12.1. The molecular formula is C21H25NO2. The van der Waals surface area contributed by atoms with Gasteiger partial charge in [-0.1, -0.05) is 54.1 Å². The number of anilines is 1. The number of hydrogen-bond acceptors (Lipinski definition) is 2. The molecule has 0 fully saturated rings. The monoisotopic (exact) mass is 323 g/mol. The molecule has 0 spiro atoms. The molecular weight excluding hydrogens is 298 g/mol. The summed E-state index contributed by atoms with van der Waals surface area (Å²) in [6.07, 6.45) is 3.78. The lowest BCUT2D eigenvalue weighted by Crippen LogP contribution is -2.34. The fraction of sp³-hybridized carbons (Fsp3) is 0.286. The summed E-state index contributed by atoms with van der Waals surface area (Å²) < 4.78 is 5.37. The van der Waals surface area contributed by atoms with Crippen LogP contribution in [-0.2, 0) is 4.74 Å². The molecule has 0 aliphatic carbocycles. The second-order valence-electron chi connectivity index (χ2n) is 6.87. The van der Waals surface area contributed by atoms with E-state index in [-0.39, 0.29) is 6.09 Å². The van der Waals surface area contributed by atoms with Gasteiger partial charge in [-0.3, -0.25) is 4.90 Å². The summed E-state index contributed by atoms with van der Waals surface area (Å²) in [5.41, 5.74) is 3.80. The second kappa shape index (κ2) is 7.35. The minimum atomic E-state index is -0.498. The van der Waals surface area contributed by atoms with Crippen LogP contribution in [0.15, 0.2) is 48.5 Å². The third kappa shape index (κ3) is 5.27. The van der Waals surface area contributed by atoms with Gasteiger partial charge in [0.05, 0.1) is 0 Å². The number of benzene rings is 2. The number of amides is 1. The number of aryl methyl sites for hydroxylation is 1. The van der Waals surface area contributed by atoms with Crippen LogP contribution in [-0.4, -0.2) is 18.7 Å². The molecule has 3 heteroatoms. The molecule has 0 bridgehead atoms. The molecule has 0 N–H and O–H groups in total. The van der Waals surface area contributed by atoms with Crippen LogP contribution in [0.5, 0.6) is 0 Å². The fourth-order valence-corrected chi connectivity index (χ4v) is 2.11. The third-order valence-electron chi connectivity index (χ3n) is 3.49. The third-order valence-corrected chi connectivity index (χ3v) is 3.49. The minimum Gasteiger partial charge on any atom is -0.443 e. The van der Waals surface area contributed by atoms with E-state index in [4.69, 9.17) is 4.74 Å². The molecule has 0 radical (unpaired) electrons. The van der Waals surface area contributed by atoms with E-state index < -0.39 is 5.60 Å². The number of hydrogen-bond donors (Lipinski definition) is 0. The number of carbonyl (C=O) groups excluding carboxylic acids is 1. The molecule has 0 heterocycles. The van der Waals surface area contributed by atoms with Crippen molar-refractivity contribution in [1.82, 2.24) is 0 Å². The average molecular weight is 323 g/mol. The lowest BCUT2D eigenvalue weighted by Gasteiger charge is -2.24. The maximum Gasteiger partial charge on any atom is 0.414 e. The first-order chi connectivity index (χ1) is 11.2. The summed E-state index contributed by atoms with van der Waals surface area (Å²) in [7, 11) is 1.71. The van der Waals surface area contributed by atoms with Gasteiger partial charge in [-0.25, -0.2) is 4.79 Å². The predicted octanol–water partition coefficient (Wildman–Crippen LogP) is 5.54. The lowest BCUT2D eigenvalue weighted by atomic mass is 10.1. The van der Waals surface area contributed by atoms with Crippen molar-refractivity contribution in [3.05, 3.63) is 65.2 Å². The first kappa shape index (κ1) is 17.8. The van der Waals surface area contributed by atoms with Crippen molar-refractivity contribution in [1.29, 1.82) is 0 Å². The molecule has 3 nitrogen and oxygen atoms in total. The molecule has 0 aliphatic heterocycles. The second-order valence-corrected chi connectivity index (χ2v) is 6.87. The van der Waals surface area contributed by atoms with Gasteiger partial charge in [0.2, 0.25) is 0 Å². The van der Waals surface area contributed by atoms with E-state index in [1.165, 1.54) is 10.5 Å². The van der Waals surface area contributed by atoms with Crippen molar-refractivity contribution >= 4 is 23.9 Å². The molecule has 0 aliphatic rings. The summed E-state index contributed by atoms with van der Waals surface area (Å²) in [5.74, 6) is 0. The van der Waals surface area contributed by atoms with Gasteiger partial charge >= 0.3 is 6.09 Å². The van der Waals surface area contributed by atoms with Crippen molar-refractivity contribution in [3.63, 3.8) is 0 Å². The molecule has 2 rings (SSSR count). The molecule has 1 amide bonds. The highest BCUT2D eigenvalue weighted by molar-refractivity contribution is 5.87. The standard InChI is InChI=1S/C21H25NO2/c1-16-6-8-17(9-7-16)10-11-18-12-14-19(15-13-18)22(5)20(23)24-21(2,3)4/h6-15H,1-5H3/b11-10+. The van der Waals surface area contributed by atoms with Gasteiger partial charge in [0, 0.05) is 12.7 Å². The summed E-state index contributed by atoms with van der Waals surface area (Å²) >= 11 is 0. The van der Waals surface area contributed by atoms with E-state index in [1.54, 1.807) is 7.05 Å². The Morgan fingerprint density at radius 1 is 0.917 bits per heavy atom. The zero-order valence-corrected chi connectivity index (χ0v) is 15.0. The van der Waals surface area contributed by atoms with Crippen molar-refractivity contribution in [2.75, 3.05) is 11.9 Å². The quantitative estimate of drug-likeness (QED) is 0.694. The van der Waals surface area contributed by atoms with Crippen LogP contribution < -0.4 is 4.90 Å². The maximum atomic E-state index is 12.1. The van der Waals surface area contributed by atoms with E-state index in [1.807, 2.05) is 45.0 Å². The van der Waals surface area contributed by atoms with Crippen LogP contribution >= 0.6 is 0 Å². The number of ether oxygens (including phenoxy) is 1. The Morgan fingerprint density at radius 2 is 1.38 bits per heavy atom. The van der Waals surface area contributed by atoms with Gasteiger partial charge in [-0.2, -0.15) is 0 Å². The molecule has 2 aromatic carbocycles. The Morgan fingerprint density at radius 3 is 1.83 bits per heavy atom. The smallest absolute Gasteiger partial charge is 0.414 e. The number of nitrogens with zero attached hydrogens (tertiary/aromatic N) is 1. The largest absolute Gasteiger partial charge is 0.443 e. The zero-order valence-electron chi connectivity index (χ0n) is 15.0. The molecule has 126 valence electrons. The number of carbonyl (C=O) groups is 1. The number of rotatable bonds is 3. The molecule has 0 aromatic heterocycles. The van der Waals surface area contributed by atoms with E-state index in [9.17, 15) is 4.79 Å². The molecule has 0 saturated carbocycles. The normalized spacial score (nSPS) is 11.5. The van der Waals surface area contributed by atoms with E-state index in [0.29, 0.717) is 0 Å². The van der Waals surface area contributed by atoms with Crippen molar-refractivity contribution in [2.24, 2.45) is 0 Å². The topological polar surface area (TPSA) is 29.5 Å². The van der Waals surface area contributed by atoms with Crippen LogP contribution in [0.25, 0.3) is 12.2 Å². The fourth-order valence-electron chi connectivity index (χ4n) is 2.11. The Balaban J connectivity index is 2.04. The van der Waals surface area contributed by atoms with Gasteiger partial charge in [-0.15, -0.1) is 0 Å². The van der Waals surface area contributed by atoms with Gasteiger partial charge in [-0.05, 0) is 51.0 Å². The van der Waals surface area contributed by atoms with Crippen LogP contribution in [0.3, 0.4) is 0 Å². The SMILES string of the molecule is Cc1ccc(/C=C/c2ccc(N(C)C(=O)OC(C)(C)C)cc2)cc1. The summed E-state index contributed by atoms with van der Waals surface area (Å²) in [6, 6.07) is 16.2. The highest BCUT2D eigenvalue weighted by Gasteiger charge is 2.20. The Kier molecular flexibility index (Phi) is 5.45. The Bertz CT molecular complexity index is 707. The summed E-state index contributed by atoms with van der Waals surface area (Å²) in [4.78, 5) is 13.6. The first-order valence-corrected chi connectivity index (χ1v) is 8.06. The van der Waals surface area contributed by atoms with Gasteiger partial charge in [0.15, 0.2) is 0 Å². The Hall–Kier alpha value is -2.55. The molecule has 0 atom stereocenters. The molecule has 24 heavy (non-hydrogen) atoms. The molecule has 0 unspecified atom stereocenters. The van der Waals surface area contributed by atoms with E-state index in [2.05, 4.69) is 43.3 Å². The van der Waals surface area contributed by atoms with Crippen molar-refractivity contribution < 1.29 is 9.53 Å². The van der Waals surface area contributed by atoms with Gasteiger partial charge in [0.25, 0.3) is 0 Å². The lowest BCUT2D eigenvalue weighted by molar-refractivity contribution is 0.0589. The highest BCUT2D eigenvalue weighted by atomic mass is 16.6. The van der Waals surface area contributed by atoms with E-state index in [0.717, 1.165) is 16.8 Å². The van der Waals surface area contributed by atoms with Crippen molar-refractivity contribution in [3.8, 4) is 0 Å². The highest BCUT2D eigenvalue weighted by Crippen LogP contribution is 2.18. The average Bonchev–Trinajstić information content (AvgIpc) is 2.52. The zero-order chi connectivity index (χ0) is 17.7.